The van der Waals surface area contributed by atoms with Crippen LogP contribution in [0.4, 0.5) is 4.79 Å². The molecule has 3 N–H and O–H groups in total. The molecule has 184 valence electrons. The second kappa shape index (κ2) is 10.1. The topological polar surface area (TPSA) is 137 Å². The van der Waals surface area contributed by atoms with Gasteiger partial charge in [0.15, 0.2) is 0 Å². The third-order valence-electron chi connectivity index (χ3n) is 4.86. The Hall–Kier alpha value is -3.34. The first-order valence-corrected chi connectivity index (χ1v) is 11.2. The molecule has 0 fully saturated rings. The number of benzene rings is 2. The molecule has 13 heteroatoms. The maximum atomic E-state index is 13.8. The summed E-state index contributed by atoms with van der Waals surface area (Å²) in [7, 11) is 0. The number of amides is 2. The number of hydrazine groups is 1. The van der Waals surface area contributed by atoms with E-state index in [2.05, 4.69) is 15.5 Å². The number of hydrogen-bond acceptors (Lipinski definition) is 5. The number of aromatic amines is 1. The Morgan fingerprint density at radius 2 is 1.66 bits per heavy atom. The fourth-order valence-corrected chi connectivity index (χ4v) is 4.19. The highest BCUT2D eigenvalue weighted by molar-refractivity contribution is 6.37. The number of halogens is 3. The van der Waals surface area contributed by atoms with E-state index in [1.165, 1.54) is 12.1 Å². The van der Waals surface area contributed by atoms with Gasteiger partial charge < -0.3 is 5.11 Å². The van der Waals surface area contributed by atoms with Crippen molar-refractivity contribution in [1.29, 1.82) is 0 Å². The van der Waals surface area contributed by atoms with Crippen molar-refractivity contribution in [2.24, 2.45) is 0 Å². The van der Waals surface area contributed by atoms with Gasteiger partial charge in [-0.25, -0.2) is 20.0 Å². The van der Waals surface area contributed by atoms with Gasteiger partial charge in [0.2, 0.25) is 0 Å². The van der Waals surface area contributed by atoms with Gasteiger partial charge in [0.1, 0.15) is 6.20 Å². The van der Waals surface area contributed by atoms with Gasteiger partial charge in [0.25, 0.3) is 11.5 Å². The molecule has 2 aromatic carbocycles. The van der Waals surface area contributed by atoms with Crippen LogP contribution in [0.3, 0.4) is 0 Å². The van der Waals surface area contributed by atoms with Gasteiger partial charge in [-0.2, -0.15) is 9.78 Å². The predicted octanol–water partition coefficient (Wildman–Crippen LogP) is 3.82. The van der Waals surface area contributed by atoms with Crippen LogP contribution in [-0.2, 0) is 4.79 Å². The van der Waals surface area contributed by atoms with Gasteiger partial charge in [0.05, 0.1) is 17.1 Å². The Morgan fingerprint density at radius 1 is 1.09 bits per heavy atom. The lowest BCUT2D eigenvalue weighted by atomic mass is 9.88. The highest BCUT2D eigenvalue weighted by Gasteiger charge is 2.37. The monoisotopic (exact) mass is 539 g/mol. The van der Waals surface area contributed by atoms with Crippen molar-refractivity contribution in [3.8, 4) is 5.69 Å². The van der Waals surface area contributed by atoms with Crippen LogP contribution in [0.1, 0.15) is 37.8 Å². The standard InChI is InChI=1S/C22H20Cl3N5O5/c1-22(2,3)30(28-21(34)35)19(32)17(11-4-6-12(23)7-5-11)18-14(24)8-13(9-15(18)25)29-20(33)27-16(31)10-26-29/h4-10,17,28H,1-3H3,(H,34,35)(H,27,31,33). The van der Waals surface area contributed by atoms with E-state index in [1.54, 1.807) is 45.0 Å². The van der Waals surface area contributed by atoms with Crippen LogP contribution in [0.2, 0.25) is 15.1 Å². The molecule has 0 spiro atoms. The Morgan fingerprint density at radius 3 is 2.14 bits per heavy atom. The zero-order chi connectivity index (χ0) is 26.1. The van der Waals surface area contributed by atoms with Crippen molar-refractivity contribution >= 4 is 46.8 Å². The van der Waals surface area contributed by atoms with Crippen LogP contribution < -0.4 is 16.7 Å². The molecule has 0 saturated heterocycles. The van der Waals surface area contributed by atoms with E-state index >= 15 is 0 Å². The highest BCUT2D eigenvalue weighted by Crippen LogP contribution is 2.39. The molecule has 1 atom stereocenters. The zero-order valence-corrected chi connectivity index (χ0v) is 20.9. The minimum absolute atomic E-state index is 0.00452. The van der Waals surface area contributed by atoms with Gasteiger partial charge >= 0.3 is 11.8 Å². The molecular weight excluding hydrogens is 521 g/mol. The molecular formula is C22H20Cl3N5O5. The van der Waals surface area contributed by atoms with Crippen LogP contribution in [0.5, 0.6) is 0 Å². The molecule has 0 saturated carbocycles. The third kappa shape index (κ3) is 5.84. The summed E-state index contributed by atoms with van der Waals surface area (Å²) in [5.74, 6) is -1.80. The highest BCUT2D eigenvalue weighted by atomic mass is 35.5. The lowest BCUT2D eigenvalue weighted by molar-refractivity contribution is -0.140. The Balaban J connectivity index is 2.23. The summed E-state index contributed by atoms with van der Waals surface area (Å²) in [4.78, 5) is 50.8. The quantitative estimate of drug-likeness (QED) is 0.430. The summed E-state index contributed by atoms with van der Waals surface area (Å²) in [6, 6.07) is 9.06. The van der Waals surface area contributed by atoms with Crippen LogP contribution in [0.15, 0.2) is 52.2 Å². The normalized spacial score (nSPS) is 12.2. The Labute approximate surface area is 214 Å². The summed E-state index contributed by atoms with van der Waals surface area (Å²) in [5.41, 5.74) is 0.448. The SMILES string of the molecule is CC(C)(C)N(NC(=O)O)C(=O)C(c1ccc(Cl)cc1)c1c(Cl)cc(-n2ncc(=O)[nH]c2=O)cc1Cl. The summed E-state index contributed by atoms with van der Waals surface area (Å²) >= 11 is 19.2. The average molecular weight is 541 g/mol. The van der Waals surface area contributed by atoms with Crippen molar-refractivity contribution in [3.63, 3.8) is 0 Å². The van der Waals surface area contributed by atoms with Crippen molar-refractivity contribution in [3.05, 3.63) is 89.6 Å². The fourth-order valence-electron chi connectivity index (χ4n) is 3.37. The second-order valence-electron chi connectivity index (χ2n) is 8.42. The van der Waals surface area contributed by atoms with Gasteiger partial charge in [-0.1, -0.05) is 46.9 Å². The number of carbonyl (C=O) groups is 2. The molecule has 1 unspecified atom stereocenters. The van der Waals surface area contributed by atoms with Crippen LogP contribution in [0.25, 0.3) is 5.69 Å². The summed E-state index contributed by atoms with van der Waals surface area (Å²) in [6.45, 7) is 4.96. The zero-order valence-electron chi connectivity index (χ0n) is 18.7. The molecule has 1 aromatic heterocycles. The molecule has 0 radical (unpaired) electrons. The molecule has 3 rings (SSSR count). The Bertz CT molecular complexity index is 1370. The van der Waals surface area contributed by atoms with E-state index < -0.39 is 34.7 Å². The molecule has 0 bridgehead atoms. The summed E-state index contributed by atoms with van der Waals surface area (Å²) in [5, 5.41) is 14.5. The van der Waals surface area contributed by atoms with E-state index in [1.807, 2.05) is 0 Å². The van der Waals surface area contributed by atoms with E-state index in [4.69, 9.17) is 34.8 Å². The molecule has 35 heavy (non-hydrogen) atoms. The summed E-state index contributed by atoms with van der Waals surface area (Å²) < 4.78 is 0.884. The van der Waals surface area contributed by atoms with Gasteiger partial charge in [0, 0.05) is 20.6 Å². The first-order valence-electron chi connectivity index (χ1n) is 10.1. The van der Waals surface area contributed by atoms with E-state index in [9.17, 15) is 24.3 Å². The number of H-pyrrole nitrogens is 1. The van der Waals surface area contributed by atoms with Crippen LogP contribution in [-0.4, -0.2) is 42.4 Å². The second-order valence-corrected chi connectivity index (χ2v) is 9.67. The van der Waals surface area contributed by atoms with Gasteiger partial charge in [-0.05, 0) is 50.6 Å². The molecule has 2 amide bonds. The fraction of sp³-hybridized carbons (Fsp3) is 0.227. The van der Waals surface area contributed by atoms with Crippen molar-refractivity contribution in [1.82, 2.24) is 25.2 Å². The van der Waals surface area contributed by atoms with E-state index in [-0.39, 0.29) is 21.3 Å². The Kier molecular flexibility index (Phi) is 7.59. The van der Waals surface area contributed by atoms with Crippen LogP contribution in [0, 0.1) is 0 Å². The number of hydrogen-bond donors (Lipinski definition) is 3. The van der Waals surface area contributed by atoms with E-state index in [0.717, 1.165) is 15.9 Å². The average Bonchev–Trinajstić information content (AvgIpc) is 2.74. The lowest BCUT2D eigenvalue weighted by Crippen LogP contribution is -2.57. The number of nitrogens with one attached hydrogen (secondary N) is 2. The smallest absolute Gasteiger partial charge is 0.423 e. The number of nitrogens with zero attached hydrogens (tertiary/aromatic N) is 3. The van der Waals surface area contributed by atoms with Crippen LogP contribution >= 0.6 is 34.8 Å². The van der Waals surface area contributed by atoms with E-state index in [0.29, 0.717) is 10.6 Å². The maximum absolute atomic E-state index is 13.8. The molecule has 3 aromatic rings. The lowest BCUT2D eigenvalue weighted by Gasteiger charge is -2.37. The van der Waals surface area contributed by atoms with Crippen molar-refractivity contribution in [2.75, 3.05) is 0 Å². The first-order chi connectivity index (χ1) is 16.3. The molecule has 0 aliphatic carbocycles. The minimum atomic E-state index is -1.43. The number of rotatable bonds is 4. The molecule has 0 aliphatic heterocycles. The molecule has 10 nitrogen and oxygen atoms in total. The van der Waals surface area contributed by atoms with Crippen molar-refractivity contribution in [2.45, 2.75) is 32.2 Å². The molecule has 0 aliphatic rings. The maximum Gasteiger partial charge on any atom is 0.423 e. The minimum Gasteiger partial charge on any atom is -0.464 e. The summed E-state index contributed by atoms with van der Waals surface area (Å²) in [6.07, 6.45) is -0.519. The third-order valence-corrected chi connectivity index (χ3v) is 5.74. The number of aromatic nitrogens is 3. The largest absolute Gasteiger partial charge is 0.464 e. The first kappa shape index (κ1) is 26.3. The number of carboxylic acid groups (broad SMARTS) is 1. The van der Waals surface area contributed by atoms with Gasteiger partial charge in [-0.15, -0.1) is 0 Å². The van der Waals surface area contributed by atoms with Gasteiger partial charge in [-0.3, -0.25) is 14.6 Å². The predicted molar refractivity (Wildman–Crippen MR) is 132 cm³/mol. The van der Waals surface area contributed by atoms with Crippen molar-refractivity contribution < 1.29 is 14.7 Å². The molecule has 1 heterocycles. The number of carbonyl (C=O) groups excluding carboxylic acids is 1.